The Morgan fingerprint density at radius 3 is 2.65 bits per heavy atom. The minimum absolute atomic E-state index is 0.196. The molecule has 0 aliphatic rings. The SMILES string of the molecule is CCN(C(=O)c1ccc(N)c(Br)c1)c1cccc(F)c1. The molecule has 5 heteroatoms. The number of benzene rings is 2. The number of halogens is 2. The fraction of sp³-hybridized carbons (Fsp3) is 0.133. The van der Waals surface area contributed by atoms with E-state index in [0.717, 1.165) is 0 Å². The number of nitrogens with two attached hydrogens (primary N) is 1. The number of nitrogens with zero attached hydrogens (tertiary/aromatic N) is 1. The zero-order valence-corrected chi connectivity index (χ0v) is 12.5. The van der Waals surface area contributed by atoms with E-state index in [9.17, 15) is 9.18 Å². The second kappa shape index (κ2) is 6.05. The standard InChI is InChI=1S/C15H14BrFN2O/c1-2-19(12-5-3-4-11(17)9-12)15(20)10-6-7-14(18)13(16)8-10/h3-9H,2,18H2,1H3. The highest BCUT2D eigenvalue weighted by Gasteiger charge is 2.17. The molecule has 0 saturated heterocycles. The highest BCUT2D eigenvalue weighted by molar-refractivity contribution is 9.10. The van der Waals surface area contributed by atoms with Crippen molar-refractivity contribution in [2.45, 2.75) is 6.92 Å². The lowest BCUT2D eigenvalue weighted by Gasteiger charge is -2.21. The summed E-state index contributed by atoms with van der Waals surface area (Å²) in [5.74, 6) is -0.564. The molecule has 0 aliphatic heterocycles. The van der Waals surface area contributed by atoms with Crippen LogP contribution in [0.15, 0.2) is 46.9 Å². The molecule has 0 aromatic heterocycles. The molecular formula is C15H14BrFN2O. The topological polar surface area (TPSA) is 46.3 Å². The number of nitrogen functional groups attached to an aromatic ring is 1. The molecular weight excluding hydrogens is 323 g/mol. The second-order valence-corrected chi connectivity index (χ2v) is 5.12. The van der Waals surface area contributed by atoms with Crippen molar-refractivity contribution in [1.82, 2.24) is 0 Å². The molecule has 2 rings (SSSR count). The van der Waals surface area contributed by atoms with E-state index in [-0.39, 0.29) is 11.7 Å². The van der Waals surface area contributed by atoms with Crippen molar-refractivity contribution in [3.63, 3.8) is 0 Å². The van der Waals surface area contributed by atoms with E-state index in [1.54, 1.807) is 30.3 Å². The van der Waals surface area contributed by atoms with E-state index in [1.165, 1.54) is 17.0 Å². The van der Waals surface area contributed by atoms with Gasteiger partial charge in [0.15, 0.2) is 0 Å². The van der Waals surface area contributed by atoms with Gasteiger partial charge in [0.2, 0.25) is 0 Å². The van der Waals surface area contributed by atoms with Crippen LogP contribution in [0.5, 0.6) is 0 Å². The average molecular weight is 337 g/mol. The van der Waals surface area contributed by atoms with Crippen LogP contribution in [-0.4, -0.2) is 12.5 Å². The van der Waals surface area contributed by atoms with Gasteiger partial charge in [0, 0.05) is 28.0 Å². The third-order valence-corrected chi connectivity index (χ3v) is 3.62. The Kier molecular flexibility index (Phi) is 4.39. The highest BCUT2D eigenvalue weighted by atomic mass is 79.9. The molecule has 0 aliphatic carbocycles. The molecule has 0 fully saturated rings. The van der Waals surface area contributed by atoms with Gasteiger partial charge in [-0.05, 0) is 59.3 Å². The van der Waals surface area contributed by atoms with Gasteiger partial charge in [-0.1, -0.05) is 6.07 Å². The van der Waals surface area contributed by atoms with Crippen molar-refractivity contribution in [2.24, 2.45) is 0 Å². The predicted molar refractivity (Wildman–Crippen MR) is 82.3 cm³/mol. The normalized spacial score (nSPS) is 10.3. The van der Waals surface area contributed by atoms with Crippen molar-refractivity contribution in [3.05, 3.63) is 58.3 Å². The first-order valence-electron chi connectivity index (χ1n) is 6.15. The Morgan fingerprint density at radius 1 is 1.30 bits per heavy atom. The van der Waals surface area contributed by atoms with Gasteiger partial charge < -0.3 is 10.6 Å². The van der Waals surface area contributed by atoms with Gasteiger partial charge in [0.25, 0.3) is 5.91 Å². The fourth-order valence-corrected chi connectivity index (χ4v) is 2.28. The predicted octanol–water partition coefficient (Wildman–Crippen LogP) is 3.84. The van der Waals surface area contributed by atoms with E-state index in [0.29, 0.717) is 28.0 Å². The molecule has 0 unspecified atom stereocenters. The van der Waals surface area contributed by atoms with E-state index < -0.39 is 0 Å². The molecule has 104 valence electrons. The summed E-state index contributed by atoms with van der Waals surface area (Å²) in [4.78, 5) is 14.0. The first kappa shape index (κ1) is 14.5. The molecule has 0 heterocycles. The summed E-state index contributed by atoms with van der Waals surface area (Å²) >= 11 is 3.30. The minimum Gasteiger partial charge on any atom is -0.398 e. The van der Waals surface area contributed by atoms with Gasteiger partial charge in [0.05, 0.1) is 0 Å². The van der Waals surface area contributed by atoms with E-state index in [1.807, 2.05) is 6.92 Å². The molecule has 0 spiro atoms. The molecule has 0 atom stereocenters. The molecule has 20 heavy (non-hydrogen) atoms. The monoisotopic (exact) mass is 336 g/mol. The van der Waals surface area contributed by atoms with Crippen LogP contribution in [-0.2, 0) is 0 Å². The fourth-order valence-electron chi connectivity index (χ4n) is 1.90. The average Bonchev–Trinajstić information content (AvgIpc) is 2.42. The lowest BCUT2D eigenvalue weighted by molar-refractivity contribution is 0.0988. The zero-order chi connectivity index (χ0) is 14.7. The molecule has 2 N–H and O–H groups in total. The maximum atomic E-state index is 13.3. The van der Waals surface area contributed by atoms with Crippen molar-refractivity contribution in [3.8, 4) is 0 Å². The third kappa shape index (κ3) is 2.99. The maximum Gasteiger partial charge on any atom is 0.258 e. The molecule has 0 bridgehead atoms. The number of carbonyl (C=O) groups excluding carboxylic acids is 1. The quantitative estimate of drug-likeness (QED) is 0.865. The summed E-state index contributed by atoms with van der Waals surface area (Å²) < 4.78 is 14.0. The number of hydrogen-bond acceptors (Lipinski definition) is 2. The molecule has 1 amide bonds. The van der Waals surface area contributed by atoms with Crippen LogP contribution in [0.1, 0.15) is 17.3 Å². The summed E-state index contributed by atoms with van der Waals surface area (Å²) in [6.45, 7) is 2.29. The van der Waals surface area contributed by atoms with Crippen molar-refractivity contribution < 1.29 is 9.18 Å². The zero-order valence-electron chi connectivity index (χ0n) is 10.9. The Hall–Kier alpha value is -1.88. The van der Waals surface area contributed by atoms with E-state index in [4.69, 9.17) is 5.73 Å². The number of anilines is 2. The number of rotatable bonds is 3. The van der Waals surface area contributed by atoms with Crippen LogP contribution in [0, 0.1) is 5.82 Å². The summed E-state index contributed by atoms with van der Waals surface area (Å²) in [7, 11) is 0. The molecule has 0 saturated carbocycles. The Labute approximate surface area is 125 Å². The Morgan fingerprint density at radius 2 is 2.05 bits per heavy atom. The van der Waals surface area contributed by atoms with E-state index >= 15 is 0 Å². The van der Waals surface area contributed by atoms with Crippen LogP contribution < -0.4 is 10.6 Å². The van der Waals surface area contributed by atoms with Crippen LogP contribution in [0.25, 0.3) is 0 Å². The number of amides is 1. The van der Waals surface area contributed by atoms with Gasteiger partial charge in [-0.3, -0.25) is 4.79 Å². The van der Waals surface area contributed by atoms with Crippen LogP contribution >= 0.6 is 15.9 Å². The number of hydrogen-bond donors (Lipinski definition) is 1. The Balaban J connectivity index is 2.36. The van der Waals surface area contributed by atoms with Crippen molar-refractivity contribution >= 4 is 33.2 Å². The summed E-state index contributed by atoms with van der Waals surface area (Å²) in [5.41, 5.74) is 7.30. The van der Waals surface area contributed by atoms with E-state index in [2.05, 4.69) is 15.9 Å². The van der Waals surface area contributed by atoms with Crippen LogP contribution in [0.3, 0.4) is 0 Å². The molecule has 2 aromatic rings. The van der Waals surface area contributed by atoms with Crippen molar-refractivity contribution in [1.29, 1.82) is 0 Å². The smallest absolute Gasteiger partial charge is 0.258 e. The third-order valence-electron chi connectivity index (χ3n) is 2.93. The van der Waals surface area contributed by atoms with Gasteiger partial charge in [-0.2, -0.15) is 0 Å². The lowest BCUT2D eigenvalue weighted by Crippen LogP contribution is -2.30. The molecule has 2 aromatic carbocycles. The second-order valence-electron chi connectivity index (χ2n) is 4.27. The molecule has 0 radical (unpaired) electrons. The minimum atomic E-state index is -0.368. The summed E-state index contributed by atoms with van der Waals surface area (Å²) in [6, 6.07) is 11.0. The molecule has 3 nitrogen and oxygen atoms in total. The highest BCUT2D eigenvalue weighted by Crippen LogP contribution is 2.23. The van der Waals surface area contributed by atoms with Crippen molar-refractivity contribution in [2.75, 3.05) is 17.2 Å². The first-order valence-corrected chi connectivity index (χ1v) is 6.94. The van der Waals surface area contributed by atoms with Gasteiger partial charge in [-0.25, -0.2) is 4.39 Å². The van der Waals surface area contributed by atoms with Crippen LogP contribution in [0.4, 0.5) is 15.8 Å². The largest absolute Gasteiger partial charge is 0.398 e. The van der Waals surface area contributed by atoms with Crippen LogP contribution in [0.2, 0.25) is 0 Å². The van der Waals surface area contributed by atoms with Gasteiger partial charge in [-0.15, -0.1) is 0 Å². The lowest BCUT2D eigenvalue weighted by atomic mass is 10.1. The van der Waals surface area contributed by atoms with Gasteiger partial charge in [0.1, 0.15) is 5.82 Å². The number of carbonyl (C=O) groups is 1. The summed E-state index contributed by atoms with van der Waals surface area (Å²) in [5, 5.41) is 0. The summed E-state index contributed by atoms with van der Waals surface area (Å²) in [6.07, 6.45) is 0. The van der Waals surface area contributed by atoms with Gasteiger partial charge >= 0.3 is 0 Å². The first-order chi connectivity index (χ1) is 9.52. The maximum absolute atomic E-state index is 13.3. The Bertz CT molecular complexity index is 646.